The normalized spacial score (nSPS) is 10.0. The third-order valence-electron chi connectivity index (χ3n) is 2.31. The van der Waals surface area contributed by atoms with E-state index in [-0.39, 0.29) is 5.75 Å². The molecule has 0 saturated heterocycles. The molecule has 82 valence electrons. The molecule has 2 heteroatoms. The number of allylic oxidation sites excluding steroid dienone is 1. The van der Waals surface area contributed by atoms with E-state index in [1.54, 1.807) is 13.2 Å². The van der Waals surface area contributed by atoms with Crippen LogP contribution in [0, 0.1) is 0 Å². The third kappa shape index (κ3) is 3.66. The van der Waals surface area contributed by atoms with E-state index in [2.05, 4.69) is 6.58 Å². The van der Waals surface area contributed by atoms with Crippen LogP contribution in [0.15, 0.2) is 30.4 Å². The summed E-state index contributed by atoms with van der Waals surface area (Å²) in [6, 6.07) is 5.49. The Labute approximate surface area is 91.2 Å². The second-order valence-electron chi connectivity index (χ2n) is 3.82. The Balaban J connectivity index is 2.58. The van der Waals surface area contributed by atoms with Crippen molar-refractivity contribution in [2.75, 3.05) is 7.11 Å². The Bertz CT molecular complexity index is 342. The first-order valence-corrected chi connectivity index (χ1v) is 5.13. The number of benzene rings is 1. The topological polar surface area (TPSA) is 29.5 Å². The van der Waals surface area contributed by atoms with Crippen LogP contribution in [0.3, 0.4) is 0 Å². The van der Waals surface area contributed by atoms with Crippen molar-refractivity contribution in [2.45, 2.75) is 26.2 Å². The summed E-state index contributed by atoms with van der Waals surface area (Å²) in [5.74, 6) is 0.740. The fourth-order valence-corrected chi connectivity index (χ4v) is 1.47. The molecule has 0 aliphatic rings. The fraction of sp³-hybridized carbons (Fsp3) is 0.385. The Kier molecular flexibility index (Phi) is 4.22. The first-order valence-electron chi connectivity index (χ1n) is 5.13. The van der Waals surface area contributed by atoms with Crippen molar-refractivity contribution in [3.8, 4) is 11.5 Å². The summed E-state index contributed by atoms with van der Waals surface area (Å²) in [7, 11) is 1.56. The average Bonchev–Trinajstić information content (AvgIpc) is 2.20. The number of aromatic hydroxyl groups is 1. The number of hydrogen-bond acceptors (Lipinski definition) is 2. The molecule has 0 aliphatic heterocycles. The summed E-state index contributed by atoms with van der Waals surface area (Å²) < 4.78 is 5.05. The molecular formula is C13H18O2. The lowest BCUT2D eigenvalue weighted by molar-refractivity contribution is 0.373. The maximum absolute atomic E-state index is 9.41. The van der Waals surface area contributed by atoms with Gasteiger partial charge in [0.2, 0.25) is 0 Å². The first-order chi connectivity index (χ1) is 7.13. The van der Waals surface area contributed by atoms with Crippen molar-refractivity contribution in [1.82, 2.24) is 0 Å². The number of rotatable bonds is 5. The third-order valence-corrected chi connectivity index (χ3v) is 2.31. The van der Waals surface area contributed by atoms with E-state index in [1.807, 2.05) is 19.1 Å². The molecule has 0 atom stereocenters. The number of methoxy groups -OCH3 is 1. The molecular weight excluding hydrogens is 188 g/mol. The lowest BCUT2D eigenvalue weighted by Gasteiger charge is -2.06. The minimum Gasteiger partial charge on any atom is -0.504 e. The maximum atomic E-state index is 9.41. The fourth-order valence-electron chi connectivity index (χ4n) is 1.47. The molecule has 15 heavy (non-hydrogen) atoms. The van der Waals surface area contributed by atoms with Crippen LogP contribution < -0.4 is 4.74 Å². The van der Waals surface area contributed by atoms with Crippen LogP contribution in [0.4, 0.5) is 0 Å². The van der Waals surface area contributed by atoms with Gasteiger partial charge in [-0.2, -0.15) is 0 Å². The zero-order valence-corrected chi connectivity index (χ0v) is 9.42. The van der Waals surface area contributed by atoms with Crippen molar-refractivity contribution >= 4 is 0 Å². The highest BCUT2D eigenvalue weighted by Gasteiger charge is 2.02. The standard InChI is InChI=1S/C13H18O2/c1-10(2)5-4-6-11-7-8-12(14)13(9-11)15-3/h7-9,14H,1,4-6H2,2-3H3. The monoisotopic (exact) mass is 206 g/mol. The average molecular weight is 206 g/mol. The zero-order valence-electron chi connectivity index (χ0n) is 9.42. The molecule has 0 unspecified atom stereocenters. The highest BCUT2D eigenvalue weighted by Crippen LogP contribution is 2.26. The van der Waals surface area contributed by atoms with Gasteiger partial charge in [-0.25, -0.2) is 0 Å². The van der Waals surface area contributed by atoms with Crippen molar-refractivity contribution in [3.05, 3.63) is 35.9 Å². The van der Waals surface area contributed by atoms with Gasteiger partial charge in [-0.15, -0.1) is 6.58 Å². The number of phenols is 1. The second kappa shape index (κ2) is 5.44. The van der Waals surface area contributed by atoms with E-state index in [0.717, 1.165) is 19.3 Å². The van der Waals surface area contributed by atoms with Crippen molar-refractivity contribution in [2.24, 2.45) is 0 Å². The molecule has 0 spiro atoms. The predicted molar refractivity (Wildman–Crippen MR) is 62.4 cm³/mol. The largest absolute Gasteiger partial charge is 0.504 e. The molecule has 0 fully saturated rings. The van der Waals surface area contributed by atoms with E-state index < -0.39 is 0 Å². The number of hydrogen-bond donors (Lipinski definition) is 1. The van der Waals surface area contributed by atoms with Gasteiger partial charge in [-0.1, -0.05) is 11.6 Å². The van der Waals surface area contributed by atoms with Gasteiger partial charge in [-0.05, 0) is 43.9 Å². The summed E-state index contributed by atoms with van der Waals surface area (Å²) in [5.41, 5.74) is 2.40. The van der Waals surface area contributed by atoms with Crippen LogP contribution in [0.25, 0.3) is 0 Å². The van der Waals surface area contributed by atoms with Crippen molar-refractivity contribution in [3.63, 3.8) is 0 Å². The highest BCUT2D eigenvalue weighted by atomic mass is 16.5. The molecule has 1 aromatic rings. The van der Waals surface area contributed by atoms with E-state index in [4.69, 9.17) is 4.74 Å². The Morgan fingerprint density at radius 3 is 2.80 bits per heavy atom. The summed E-state index contributed by atoms with van der Waals surface area (Å²) in [5, 5.41) is 9.41. The predicted octanol–water partition coefficient (Wildman–Crippen LogP) is 3.30. The minimum absolute atomic E-state index is 0.196. The molecule has 0 saturated carbocycles. The van der Waals surface area contributed by atoms with Crippen molar-refractivity contribution in [1.29, 1.82) is 0 Å². The Hall–Kier alpha value is -1.44. The van der Waals surface area contributed by atoms with Gasteiger partial charge in [0, 0.05) is 0 Å². The zero-order chi connectivity index (χ0) is 11.3. The summed E-state index contributed by atoms with van der Waals surface area (Å²) >= 11 is 0. The van der Waals surface area contributed by atoms with E-state index in [1.165, 1.54) is 11.1 Å². The summed E-state index contributed by atoms with van der Waals surface area (Å²) in [6.07, 6.45) is 3.12. The van der Waals surface area contributed by atoms with Crippen molar-refractivity contribution < 1.29 is 9.84 Å². The number of aryl methyl sites for hydroxylation is 1. The number of ether oxygens (including phenoxy) is 1. The van der Waals surface area contributed by atoms with Crippen LogP contribution in [0.2, 0.25) is 0 Å². The molecule has 1 N–H and O–H groups in total. The van der Waals surface area contributed by atoms with Crippen LogP contribution >= 0.6 is 0 Å². The molecule has 0 radical (unpaired) electrons. The van der Waals surface area contributed by atoms with Gasteiger partial charge in [-0.3, -0.25) is 0 Å². The van der Waals surface area contributed by atoms with E-state index in [0.29, 0.717) is 5.75 Å². The lowest BCUT2D eigenvalue weighted by Crippen LogP contribution is -1.89. The first kappa shape index (κ1) is 11.6. The molecule has 1 rings (SSSR count). The molecule has 0 bridgehead atoms. The van der Waals surface area contributed by atoms with E-state index >= 15 is 0 Å². The van der Waals surface area contributed by atoms with Gasteiger partial charge < -0.3 is 9.84 Å². The van der Waals surface area contributed by atoms with Crippen LogP contribution in [-0.2, 0) is 6.42 Å². The van der Waals surface area contributed by atoms with E-state index in [9.17, 15) is 5.11 Å². The number of phenolic OH excluding ortho intramolecular Hbond substituents is 1. The van der Waals surface area contributed by atoms with Gasteiger partial charge in [0.25, 0.3) is 0 Å². The summed E-state index contributed by atoms with van der Waals surface area (Å²) in [6.45, 7) is 5.91. The molecule has 0 aromatic heterocycles. The van der Waals surface area contributed by atoms with Gasteiger partial charge in [0.1, 0.15) is 0 Å². The molecule has 1 aromatic carbocycles. The van der Waals surface area contributed by atoms with Gasteiger partial charge >= 0.3 is 0 Å². The second-order valence-corrected chi connectivity index (χ2v) is 3.82. The quantitative estimate of drug-likeness (QED) is 0.749. The molecule has 0 heterocycles. The SMILES string of the molecule is C=C(C)CCCc1ccc(O)c(OC)c1. The molecule has 2 nitrogen and oxygen atoms in total. The highest BCUT2D eigenvalue weighted by molar-refractivity contribution is 5.41. The van der Waals surface area contributed by atoms with Gasteiger partial charge in [0.15, 0.2) is 11.5 Å². The Morgan fingerprint density at radius 1 is 1.47 bits per heavy atom. The molecule has 0 amide bonds. The summed E-state index contributed by atoms with van der Waals surface area (Å²) in [4.78, 5) is 0. The lowest BCUT2D eigenvalue weighted by atomic mass is 10.1. The Morgan fingerprint density at radius 2 is 2.20 bits per heavy atom. The maximum Gasteiger partial charge on any atom is 0.160 e. The van der Waals surface area contributed by atoms with Crippen LogP contribution in [-0.4, -0.2) is 12.2 Å². The smallest absolute Gasteiger partial charge is 0.160 e. The van der Waals surface area contributed by atoms with Crippen LogP contribution in [0.1, 0.15) is 25.3 Å². The van der Waals surface area contributed by atoms with Gasteiger partial charge in [0.05, 0.1) is 7.11 Å². The molecule has 0 aliphatic carbocycles. The minimum atomic E-state index is 0.196. The van der Waals surface area contributed by atoms with Crippen LogP contribution in [0.5, 0.6) is 11.5 Å².